The molecule has 0 aliphatic carbocycles. The summed E-state index contributed by atoms with van der Waals surface area (Å²) in [6, 6.07) is 11.9. The zero-order valence-corrected chi connectivity index (χ0v) is 16.4. The standard InChI is InChI=1S/C20H18Cl2N2O3/c1-3-9-27-18-11-13(7-8-17(18)26-2)10-14(12-23)20(25)24-19-15(21)5-4-6-16(19)22/h4-8,10-11H,3,9H2,1-2H3,(H,24,25)/b14-10+. The molecule has 0 aliphatic heterocycles. The van der Waals surface area contributed by atoms with Crippen molar-refractivity contribution in [2.24, 2.45) is 0 Å². The summed E-state index contributed by atoms with van der Waals surface area (Å²) in [5, 5.41) is 12.5. The number of methoxy groups -OCH3 is 1. The number of amides is 1. The molecule has 0 atom stereocenters. The lowest BCUT2D eigenvalue weighted by Gasteiger charge is -2.11. The second kappa shape index (κ2) is 9.86. The van der Waals surface area contributed by atoms with E-state index < -0.39 is 5.91 Å². The molecule has 0 heterocycles. The van der Waals surface area contributed by atoms with Crippen molar-refractivity contribution in [3.05, 3.63) is 57.6 Å². The molecule has 0 fully saturated rings. The van der Waals surface area contributed by atoms with Crippen molar-refractivity contribution in [3.8, 4) is 17.6 Å². The van der Waals surface area contributed by atoms with E-state index in [2.05, 4.69) is 5.32 Å². The monoisotopic (exact) mass is 404 g/mol. The molecule has 5 nitrogen and oxygen atoms in total. The number of nitrogens with one attached hydrogen (secondary N) is 1. The molecule has 140 valence electrons. The molecule has 0 unspecified atom stereocenters. The second-order valence-corrected chi connectivity index (χ2v) is 6.29. The van der Waals surface area contributed by atoms with Gasteiger partial charge >= 0.3 is 0 Å². The van der Waals surface area contributed by atoms with Crippen LogP contribution in [0, 0.1) is 11.3 Å². The highest BCUT2D eigenvalue weighted by molar-refractivity contribution is 6.40. The molecule has 7 heteroatoms. The molecule has 1 N–H and O–H groups in total. The Kier molecular flexibility index (Phi) is 7.54. The van der Waals surface area contributed by atoms with Crippen molar-refractivity contribution >= 4 is 40.9 Å². The Balaban J connectivity index is 2.29. The first-order valence-electron chi connectivity index (χ1n) is 8.18. The fourth-order valence-electron chi connectivity index (χ4n) is 2.22. The van der Waals surface area contributed by atoms with Gasteiger partial charge in [-0.15, -0.1) is 0 Å². The van der Waals surface area contributed by atoms with E-state index in [0.29, 0.717) is 23.7 Å². The topological polar surface area (TPSA) is 71.3 Å². The number of benzene rings is 2. The number of hydrogen-bond donors (Lipinski definition) is 1. The maximum Gasteiger partial charge on any atom is 0.266 e. The normalized spacial score (nSPS) is 10.9. The first kappa shape index (κ1) is 20.6. The number of rotatable bonds is 7. The molecule has 0 saturated carbocycles. The van der Waals surface area contributed by atoms with Crippen LogP contribution in [0.5, 0.6) is 11.5 Å². The van der Waals surface area contributed by atoms with Gasteiger partial charge in [-0.25, -0.2) is 0 Å². The molecule has 0 spiro atoms. The highest BCUT2D eigenvalue weighted by Gasteiger charge is 2.14. The smallest absolute Gasteiger partial charge is 0.266 e. The predicted molar refractivity (Wildman–Crippen MR) is 107 cm³/mol. The van der Waals surface area contributed by atoms with Crippen LogP contribution < -0.4 is 14.8 Å². The summed E-state index contributed by atoms with van der Waals surface area (Å²) < 4.78 is 10.9. The molecule has 0 radical (unpaired) electrons. The first-order chi connectivity index (χ1) is 13.0. The van der Waals surface area contributed by atoms with Gasteiger partial charge in [-0.05, 0) is 42.3 Å². The number of nitrogens with zero attached hydrogens (tertiary/aromatic N) is 1. The second-order valence-electron chi connectivity index (χ2n) is 5.48. The van der Waals surface area contributed by atoms with Gasteiger partial charge in [-0.2, -0.15) is 5.26 Å². The average Bonchev–Trinajstić information content (AvgIpc) is 2.67. The van der Waals surface area contributed by atoms with Crippen LogP contribution >= 0.6 is 23.2 Å². The van der Waals surface area contributed by atoms with Gasteiger partial charge in [-0.3, -0.25) is 4.79 Å². The predicted octanol–water partition coefficient (Wildman–Crippen LogP) is 5.34. The largest absolute Gasteiger partial charge is 0.493 e. The minimum Gasteiger partial charge on any atom is -0.493 e. The van der Waals surface area contributed by atoms with E-state index in [4.69, 9.17) is 32.7 Å². The van der Waals surface area contributed by atoms with Crippen molar-refractivity contribution in [2.75, 3.05) is 19.0 Å². The van der Waals surface area contributed by atoms with Crippen LogP contribution in [0.2, 0.25) is 10.0 Å². The highest BCUT2D eigenvalue weighted by atomic mass is 35.5. The molecule has 27 heavy (non-hydrogen) atoms. The van der Waals surface area contributed by atoms with Crippen molar-refractivity contribution in [1.82, 2.24) is 0 Å². The van der Waals surface area contributed by atoms with Gasteiger partial charge in [0, 0.05) is 0 Å². The number of carbonyl (C=O) groups excluding carboxylic acids is 1. The minimum absolute atomic E-state index is 0.0994. The third-order valence-electron chi connectivity index (χ3n) is 3.53. The van der Waals surface area contributed by atoms with E-state index in [0.717, 1.165) is 6.42 Å². The molecular formula is C20H18Cl2N2O3. The summed E-state index contributed by atoms with van der Waals surface area (Å²) >= 11 is 12.1. The van der Waals surface area contributed by atoms with E-state index in [1.165, 1.54) is 6.08 Å². The lowest BCUT2D eigenvalue weighted by molar-refractivity contribution is -0.112. The summed E-state index contributed by atoms with van der Waals surface area (Å²) in [5.74, 6) is 0.505. The number of hydrogen-bond acceptors (Lipinski definition) is 4. The van der Waals surface area contributed by atoms with Gasteiger partial charge in [0.1, 0.15) is 11.6 Å². The van der Waals surface area contributed by atoms with Crippen molar-refractivity contribution in [1.29, 1.82) is 5.26 Å². The van der Waals surface area contributed by atoms with Crippen molar-refractivity contribution in [2.45, 2.75) is 13.3 Å². The fourth-order valence-corrected chi connectivity index (χ4v) is 2.71. The van der Waals surface area contributed by atoms with E-state index in [1.807, 2.05) is 13.0 Å². The Morgan fingerprint density at radius 3 is 2.52 bits per heavy atom. The number of carbonyl (C=O) groups is 1. The molecule has 0 bridgehead atoms. The molecular weight excluding hydrogens is 387 g/mol. The zero-order chi connectivity index (χ0) is 19.8. The van der Waals surface area contributed by atoms with Crippen LogP contribution in [-0.4, -0.2) is 19.6 Å². The molecule has 2 aromatic rings. The summed E-state index contributed by atoms with van der Waals surface area (Å²) in [4.78, 5) is 12.5. The Morgan fingerprint density at radius 2 is 1.93 bits per heavy atom. The van der Waals surface area contributed by atoms with Crippen LogP contribution in [0.3, 0.4) is 0 Å². The Hall–Kier alpha value is -2.68. The quantitative estimate of drug-likeness (QED) is 0.499. The molecule has 2 rings (SSSR count). The maximum absolute atomic E-state index is 12.5. The van der Waals surface area contributed by atoms with Crippen LogP contribution in [0.1, 0.15) is 18.9 Å². The van der Waals surface area contributed by atoms with E-state index >= 15 is 0 Å². The van der Waals surface area contributed by atoms with Crippen LogP contribution in [0.4, 0.5) is 5.69 Å². The summed E-state index contributed by atoms with van der Waals surface area (Å²) in [6.45, 7) is 2.52. The number of anilines is 1. The van der Waals surface area contributed by atoms with Gasteiger partial charge in [0.25, 0.3) is 5.91 Å². The Bertz CT molecular complexity index is 884. The van der Waals surface area contributed by atoms with Crippen molar-refractivity contribution in [3.63, 3.8) is 0 Å². The lowest BCUT2D eigenvalue weighted by Crippen LogP contribution is -2.14. The average molecular weight is 405 g/mol. The fraction of sp³-hybridized carbons (Fsp3) is 0.200. The van der Waals surface area contributed by atoms with Gasteiger partial charge in [-0.1, -0.05) is 42.3 Å². The summed E-state index contributed by atoms with van der Waals surface area (Å²) in [6.07, 6.45) is 2.30. The molecule has 0 saturated heterocycles. The van der Waals surface area contributed by atoms with Gasteiger partial charge in [0.15, 0.2) is 11.5 Å². The number of para-hydroxylation sites is 1. The Labute approximate surface area is 168 Å². The highest BCUT2D eigenvalue weighted by Crippen LogP contribution is 2.31. The van der Waals surface area contributed by atoms with Gasteiger partial charge in [0.05, 0.1) is 29.4 Å². The maximum atomic E-state index is 12.5. The SMILES string of the molecule is CCCOc1cc(/C=C(\C#N)C(=O)Nc2c(Cl)cccc2Cl)ccc1OC. The van der Waals surface area contributed by atoms with Crippen LogP contribution in [-0.2, 0) is 4.79 Å². The van der Waals surface area contributed by atoms with Crippen LogP contribution in [0.15, 0.2) is 42.0 Å². The number of halogens is 2. The van der Waals surface area contributed by atoms with Crippen LogP contribution in [0.25, 0.3) is 6.08 Å². The van der Waals surface area contributed by atoms with E-state index in [1.54, 1.807) is 43.5 Å². The summed E-state index contributed by atoms with van der Waals surface area (Å²) in [5.41, 5.74) is 0.783. The third-order valence-corrected chi connectivity index (χ3v) is 4.16. The first-order valence-corrected chi connectivity index (χ1v) is 8.93. The summed E-state index contributed by atoms with van der Waals surface area (Å²) in [7, 11) is 1.55. The molecule has 0 aromatic heterocycles. The minimum atomic E-state index is -0.612. The number of nitriles is 1. The van der Waals surface area contributed by atoms with E-state index in [-0.39, 0.29) is 21.3 Å². The number of ether oxygens (including phenoxy) is 2. The van der Waals surface area contributed by atoms with E-state index in [9.17, 15) is 10.1 Å². The molecule has 2 aromatic carbocycles. The van der Waals surface area contributed by atoms with Crippen molar-refractivity contribution < 1.29 is 14.3 Å². The molecule has 1 amide bonds. The zero-order valence-electron chi connectivity index (χ0n) is 14.9. The van der Waals surface area contributed by atoms with Gasteiger partial charge < -0.3 is 14.8 Å². The molecule has 0 aliphatic rings. The van der Waals surface area contributed by atoms with Gasteiger partial charge in [0.2, 0.25) is 0 Å². The Morgan fingerprint density at radius 1 is 1.22 bits per heavy atom. The lowest BCUT2D eigenvalue weighted by atomic mass is 10.1. The third kappa shape index (κ3) is 5.40.